The summed E-state index contributed by atoms with van der Waals surface area (Å²) in [7, 11) is -3.38. The third kappa shape index (κ3) is 7.17. The molecule has 0 unspecified atom stereocenters. The summed E-state index contributed by atoms with van der Waals surface area (Å²) in [6.45, 7) is 0.377. The van der Waals surface area contributed by atoms with Crippen molar-refractivity contribution in [1.82, 2.24) is 5.32 Å². The summed E-state index contributed by atoms with van der Waals surface area (Å²) in [5.74, 6) is 0.367. The first-order valence-electron chi connectivity index (χ1n) is 7.86. The molecule has 8 heteroatoms. The van der Waals surface area contributed by atoms with Crippen LogP contribution in [0.25, 0.3) is 0 Å². The first kappa shape index (κ1) is 19.2. The number of nitrogens with one attached hydrogen (secondary N) is 1. The highest BCUT2D eigenvalue weighted by molar-refractivity contribution is 7.85. The van der Waals surface area contributed by atoms with E-state index in [0.29, 0.717) is 10.8 Å². The van der Waals surface area contributed by atoms with Crippen molar-refractivity contribution in [3.05, 3.63) is 29.3 Å². The lowest BCUT2D eigenvalue weighted by Crippen LogP contribution is -2.38. The van der Waals surface area contributed by atoms with Gasteiger partial charge in [-0.2, -0.15) is 8.42 Å². The van der Waals surface area contributed by atoms with Gasteiger partial charge in [-0.05, 0) is 55.9 Å². The van der Waals surface area contributed by atoms with Crippen LogP contribution in [0.5, 0.6) is 5.75 Å². The highest BCUT2D eigenvalue weighted by atomic mass is 35.5. The molecular weight excluding hydrogens is 354 g/mol. The van der Waals surface area contributed by atoms with Crippen LogP contribution in [0.3, 0.4) is 0 Å². The van der Waals surface area contributed by atoms with E-state index >= 15 is 0 Å². The number of halogens is 1. The number of hydrogen-bond acceptors (Lipinski definition) is 6. The molecule has 0 bridgehead atoms. The van der Waals surface area contributed by atoms with Crippen LogP contribution in [0, 0.1) is 5.92 Å². The van der Waals surface area contributed by atoms with Crippen LogP contribution in [0.4, 0.5) is 0 Å². The molecule has 134 valence electrons. The van der Waals surface area contributed by atoms with Crippen molar-refractivity contribution in [2.45, 2.75) is 31.7 Å². The monoisotopic (exact) mass is 375 g/mol. The molecular formula is C16H22ClNO5S. The predicted octanol–water partition coefficient (Wildman–Crippen LogP) is 2.37. The summed E-state index contributed by atoms with van der Waals surface area (Å²) < 4.78 is 32.0. The zero-order valence-electron chi connectivity index (χ0n) is 13.5. The molecule has 0 atom stereocenters. The van der Waals surface area contributed by atoms with E-state index in [4.69, 9.17) is 20.5 Å². The minimum absolute atomic E-state index is 0.137. The lowest BCUT2D eigenvalue weighted by Gasteiger charge is -2.28. The van der Waals surface area contributed by atoms with Crippen molar-refractivity contribution < 1.29 is 22.1 Å². The molecule has 2 rings (SSSR count). The Bertz CT molecular complexity index is 639. The fraction of sp³-hybridized carbons (Fsp3) is 0.562. The second kappa shape index (κ2) is 8.80. The number of rotatable bonds is 7. The fourth-order valence-corrected chi connectivity index (χ4v) is 3.22. The van der Waals surface area contributed by atoms with E-state index in [1.165, 1.54) is 0 Å². The maximum atomic E-state index is 11.8. The van der Waals surface area contributed by atoms with E-state index in [1.807, 2.05) is 0 Å². The van der Waals surface area contributed by atoms with Crippen molar-refractivity contribution in [3.63, 3.8) is 0 Å². The molecule has 0 amide bonds. The average Bonchev–Trinajstić information content (AvgIpc) is 2.53. The molecule has 0 spiro atoms. The van der Waals surface area contributed by atoms with Gasteiger partial charge in [0.15, 0.2) is 0 Å². The van der Waals surface area contributed by atoms with Crippen molar-refractivity contribution >= 4 is 27.7 Å². The minimum Gasteiger partial charge on any atom is -0.426 e. The first-order chi connectivity index (χ1) is 11.3. The van der Waals surface area contributed by atoms with E-state index in [1.54, 1.807) is 24.3 Å². The van der Waals surface area contributed by atoms with Gasteiger partial charge in [0.25, 0.3) is 10.1 Å². The highest BCUT2D eigenvalue weighted by Crippen LogP contribution is 2.25. The van der Waals surface area contributed by atoms with Gasteiger partial charge in [0.2, 0.25) is 0 Å². The molecule has 0 heterocycles. The molecule has 1 N–H and O–H groups in total. The molecule has 1 fully saturated rings. The fourth-order valence-electron chi connectivity index (χ4n) is 2.65. The minimum atomic E-state index is -3.38. The summed E-state index contributed by atoms with van der Waals surface area (Å²) in [5.41, 5.74) is 0. The van der Waals surface area contributed by atoms with Gasteiger partial charge in [-0.1, -0.05) is 11.6 Å². The molecule has 0 aliphatic heterocycles. The average molecular weight is 376 g/mol. The van der Waals surface area contributed by atoms with Crippen LogP contribution in [0.2, 0.25) is 5.02 Å². The second-order valence-electron chi connectivity index (χ2n) is 6.02. The Labute approximate surface area is 147 Å². The maximum absolute atomic E-state index is 11.8. The van der Waals surface area contributed by atoms with Crippen LogP contribution in [0.15, 0.2) is 24.3 Å². The van der Waals surface area contributed by atoms with Crippen LogP contribution in [-0.2, 0) is 19.1 Å². The summed E-state index contributed by atoms with van der Waals surface area (Å²) in [6.07, 6.45) is 4.57. The van der Waals surface area contributed by atoms with Crippen molar-refractivity contribution in [2.24, 2.45) is 5.92 Å². The lowest BCUT2D eigenvalue weighted by atomic mass is 9.86. The third-order valence-electron chi connectivity index (χ3n) is 3.94. The zero-order valence-corrected chi connectivity index (χ0v) is 15.1. The van der Waals surface area contributed by atoms with Crippen LogP contribution >= 0.6 is 11.6 Å². The van der Waals surface area contributed by atoms with Crippen molar-refractivity contribution in [2.75, 3.05) is 19.4 Å². The van der Waals surface area contributed by atoms with Crippen LogP contribution in [-0.4, -0.2) is 39.8 Å². The number of carbonyl (C=O) groups is 1. The summed E-state index contributed by atoms with van der Waals surface area (Å²) in [4.78, 5) is 11.8. The molecule has 1 saturated carbocycles. The summed E-state index contributed by atoms with van der Waals surface area (Å²) in [5, 5.41) is 3.77. The SMILES string of the molecule is CS(=O)(=O)OCC1CCC(NCC(=O)Oc2ccc(Cl)cc2)CC1. The lowest BCUT2D eigenvalue weighted by molar-refractivity contribution is -0.133. The Balaban J connectivity index is 1.65. The third-order valence-corrected chi connectivity index (χ3v) is 4.76. The van der Waals surface area contributed by atoms with Gasteiger partial charge in [-0.15, -0.1) is 0 Å². The molecule has 1 aliphatic carbocycles. The van der Waals surface area contributed by atoms with Gasteiger partial charge in [0.05, 0.1) is 19.4 Å². The van der Waals surface area contributed by atoms with Gasteiger partial charge >= 0.3 is 5.97 Å². The maximum Gasteiger partial charge on any atom is 0.325 e. The van der Waals surface area contributed by atoms with Gasteiger partial charge < -0.3 is 10.1 Å². The zero-order chi connectivity index (χ0) is 17.6. The Morgan fingerprint density at radius 1 is 1.21 bits per heavy atom. The molecule has 24 heavy (non-hydrogen) atoms. The highest BCUT2D eigenvalue weighted by Gasteiger charge is 2.22. The van der Waals surface area contributed by atoms with Gasteiger partial charge in [0, 0.05) is 11.1 Å². The number of hydrogen-bond donors (Lipinski definition) is 1. The summed E-state index contributed by atoms with van der Waals surface area (Å²) >= 11 is 5.77. The standard InChI is InChI=1S/C16H22ClNO5S/c1-24(20,21)22-11-12-2-6-14(7-3-12)18-10-16(19)23-15-8-4-13(17)5-9-15/h4-5,8-9,12,14,18H,2-3,6-7,10-11H2,1H3. The molecule has 0 saturated heterocycles. The van der Waals surface area contributed by atoms with Gasteiger partial charge in [0.1, 0.15) is 5.75 Å². The Morgan fingerprint density at radius 2 is 1.83 bits per heavy atom. The number of ether oxygens (including phenoxy) is 1. The molecule has 0 radical (unpaired) electrons. The van der Waals surface area contributed by atoms with E-state index < -0.39 is 10.1 Å². The molecule has 1 aromatic rings. The van der Waals surface area contributed by atoms with Crippen molar-refractivity contribution in [3.8, 4) is 5.75 Å². The molecule has 0 aromatic heterocycles. The Kier molecular flexibility index (Phi) is 7.03. The second-order valence-corrected chi connectivity index (χ2v) is 8.10. The van der Waals surface area contributed by atoms with Crippen molar-refractivity contribution in [1.29, 1.82) is 0 Å². The van der Waals surface area contributed by atoms with Gasteiger partial charge in [-0.3, -0.25) is 8.98 Å². The molecule has 1 aliphatic rings. The van der Waals surface area contributed by atoms with E-state index in [2.05, 4.69) is 5.32 Å². The largest absolute Gasteiger partial charge is 0.426 e. The molecule has 1 aromatic carbocycles. The molecule has 6 nitrogen and oxygen atoms in total. The number of benzene rings is 1. The topological polar surface area (TPSA) is 81.7 Å². The quantitative estimate of drug-likeness (QED) is 0.447. The summed E-state index contributed by atoms with van der Waals surface area (Å²) in [6, 6.07) is 6.85. The van der Waals surface area contributed by atoms with Gasteiger partial charge in [-0.25, -0.2) is 0 Å². The van der Waals surface area contributed by atoms with E-state index in [9.17, 15) is 13.2 Å². The first-order valence-corrected chi connectivity index (χ1v) is 10.1. The Morgan fingerprint density at radius 3 is 2.42 bits per heavy atom. The van der Waals surface area contributed by atoms with E-state index in [0.717, 1.165) is 31.9 Å². The van der Waals surface area contributed by atoms with E-state index in [-0.39, 0.29) is 31.1 Å². The number of carbonyl (C=O) groups excluding carboxylic acids is 1. The van der Waals surface area contributed by atoms with Crippen LogP contribution in [0.1, 0.15) is 25.7 Å². The smallest absolute Gasteiger partial charge is 0.325 e. The number of esters is 1. The van der Waals surface area contributed by atoms with Crippen LogP contribution < -0.4 is 10.1 Å². The predicted molar refractivity (Wildman–Crippen MR) is 91.6 cm³/mol. The Hall–Kier alpha value is -1.15. The normalized spacial score (nSPS) is 21.4.